The second-order valence-corrected chi connectivity index (χ2v) is 8.06. The number of hydrogen-bond donors (Lipinski definition) is 0. The molecule has 2 aromatic carbocycles. The fourth-order valence-electron chi connectivity index (χ4n) is 3.46. The number of likely N-dealkylation sites (tertiary alicyclic amines) is 1. The average molecular weight is 378 g/mol. The normalized spacial score (nSPS) is 15.1. The van der Waals surface area contributed by atoms with Crippen LogP contribution in [0.5, 0.6) is 0 Å². The quantitative estimate of drug-likeness (QED) is 0.608. The summed E-state index contributed by atoms with van der Waals surface area (Å²) in [6.07, 6.45) is 4.12. The third-order valence-electron chi connectivity index (χ3n) is 4.86. The molecule has 27 heavy (non-hydrogen) atoms. The van der Waals surface area contributed by atoms with Crippen molar-refractivity contribution < 1.29 is 4.79 Å². The van der Waals surface area contributed by atoms with E-state index in [2.05, 4.69) is 33.8 Å². The van der Waals surface area contributed by atoms with Gasteiger partial charge in [0.1, 0.15) is 0 Å². The summed E-state index contributed by atoms with van der Waals surface area (Å²) in [6.45, 7) is 3.75. The maximum atomic E-state index is 12.7. The molecule has 0 bridgehead atoms. The van der Waals surface area contributed by atoms with Crippen LogP contribution in [0.1, 0.15) is 19.8 Å². The number of nitrogens with zero attached hydrogens (tertiary/aromatic N) is 3. The van der Waals surface area contributed by atoms with Gasteiger partial charge in [0.25, 0.3) is 0 Å². The Kier molecular flexibility index (Phi) is 5.30. The minimum absolute atomic E-state index is 0.156. The first-order chi connectivity index (χ1) is 13.2. The van der Waals surface area contributed by atoms with Crippen LogP contribution in [0, 0.1) is 0 Å². The molecule has 3 aromatic rings. The van der Waals surface area contributed by atoms with E-state index >= 15 is 0 Å². The van der Waals surface area contributed by atoms with E-state index in [-0.39, 0.29) is 11.2 Å². The van der Waals surface area contributed by atoms with Crippen LogP contribution in [0.4, 0.5) is 0 Å². The van der Waals surface area contributed by atoms with Crippen molar-refractivity contribution in [2.24, 2.45) is 0 Å². The van der Waals surface area contributed by atoms with Gasteiger partial charge in [-0.05, 0) is 31.9 Å². The van der Waals surface area contributed by atoms with Crippen LogP contribution in [0.3, 0.4) is 0 Å². The fraction of sp³-hybridized carbons (Fsp3) is 0.273. The maximum absolute atomic E-state index is 12.7. The zero-order chi connectivity index (χ0) is 18.6. The van der Waals surface area contributed by atoms with Gasteiger partial charge < -0.3 is 4.90 Å². The monoisotopic (exact) mass is 377 g/mol. The van der Waals surface area contributed by atoms with Crippen LogP contribution in [0.25, 0.3) is 16.9 Å². The molecule has 0 spiro atoms. The number of thioether (sulfide) groups is 1. The molecule has 5 heteroatoms. The van der Waals surface area contributed by atoms with Crippen molar-refractivity contribution >= 4 is 17.7 Å². The first kappa shape index (κ1) is 17.9. The average Bonchev–Trinajstić information content (AvgIpc) is 3.39. The first-order valence-corrected chi connectivity index (χ1v) is 10.3. The van der Waals surface area contributed by atoms with E-state index < -0.39 is 0 Å². The molecular weight excluding hydrogens is 354 g/mol. The Hall–Kier alpha value is -2.53. The fourth-order valence-corrected chi connectivity index (χ4v) is 4.45. The molecule has 0 aliphatic carbocycles. The number of para-hydroxylation sites is 1. The number of hydrogen-bond acceptors (Lipinski definition) is 3. The van der Waals surface area contributed by atoms with Crippen LogP contribution >= 0.6 is 11.8 Å². The molecule has 1 saturated heterocycles. The molecule has 1 aliphatic heterocycles. The van der Waals surface area contributed by atoms with Crippen LogP contribution < -0.4 is 0 Å². The largest absolute Gasteiger partial charge is 0.342 e. The molecule has 0 saturated carbocycles. The van der Waals surface area contributed by atoms with Crippen molar-refractivity contribution in [2.75, 3.05) is 13.1 Å². The minimum atomic E-state index is -0.156. The highest BCUT2D eigenvalue weighted by Crippen LogP contribution is 2.32. The summed E-state index contributed by atoms with van der Waals surface area (Å²) < 4.78 is 2.15. The molecule has 4 rings (SSSR count). The second-order valence-electron chi connectivity index (χ2n) is 6.76. The molecule has 1 amide bonds. The lowest BCUT2D eigenvalue weighted by atomic mass is 10.1. The van der Waals surface area contributed by atoms with E-state index in [1.54, 1.807) is 0 Å². The molecular formula is C22H23N3OS. The van der Waals surface area contributed by atoms with Gasteiger partial charge >= 0.3 is 0 Å². The van der Waals surface area contributed by atoms with Crippen molar-refractivity contribution in [3.63, 3.8) is 0 Å². The van der Waals surface area contributed by atoms with E-state index in [4.69, 9.17) is 0 Å². The summed E-state index contributed by atoms with van der Waals surface area (Å²) in [4.78, 5) is 19.4. The Labute approximate surface area is 164 Å². The minimum Gasteiger partial charge on any atom is -0.342 e. The van der Waals surface area contributed by atoms with Gasteiger partial charge in [-0.15, -0.1) is 0 Å². The molecule has 1 atom stereocenters. The van der Waals surface area contributed by atoms with Crippen LogP contribution in [0.2, 0.25) is 0 Å². The number of rotatable bonds is 5. The summed E-state index contributed by atoms with van der Waals surface area (Å²) in [5, 5.41) is 0.691. The van der Waals surface area contributed by atoms with E-state index in [1.165, 1.54) is 11.8 Å². The summed E-state index contributed by atoms with van der Waals surface area (Å²) in [5.74, 6) is 0.210. The van der Waals surface area contributed by atoms with Crippen molar-refractivity contribution in [3.8, 4) is 16.9 Å². The molecule has 1 fully saturated rings. The predicted molar refractivity (Wildman–Crippen MR) is 110 cm³/mol. The Morgan fingerprint density at radius 2 is 1.63 bits per heavy atom. The number of benzene rings is 2. The van der Waals surface area contributed by atoms with E-state index in [0.717, 1.165) is 48.0 Å². The number of aromatic nitrogens is 2. The molecule has 0 unspecified atom stereocenters. The zero-order valence-corrected chi connectivity index (χ0v) is 16.2. The maximum Gasteiger partial charge on any atom is 0.235 e. The van der Waals surface area contributed by atoms with Crippen LogP contribution in [0.15, 0.2) is 72.0 Å². The van der Waals surface area contributed by atoms with Gasteiger partial charge in [-0.1, -0.05) is 60.3 Å². The molecule has 2 heterocycles. The molecule has 4 nitrogen and oxygen atoms in total. The lowest BCUT2D eigenvalue weighted by Crippen LogP contribution is -2.34. The van der Waals surface area contributed by atoms with E-state index in [9.17, 15) is 4.79 Å². The summed E-state index contributed by atoms with van der Waals surface area (Å²) in [7, 11) is 0. The number of carbonyl (C=O) groups excluding carboxylic acids is 1. The van der Waals surface area contributed by atoms with Crippen molar-refractivity contribution in [2.45, 2.75) is 30.2 Å². The summed E-state index contributed by atoms with van der Waals surface area (Å²) in [5.41, 5.74) is 3.20. The zero-order valence-electron chi connectivity index (χ0n) is 15.4. The Morgan fingerprint density at radius 3 is 2.30 bits per heavy atom. The molecule has 0 radical (unpaired) electrons. The van der Waals surface area contributed by atoms with Gasteiger partial charge in [0.2, 0.25) is 5.91 Å². The third kappa shape index (κ3) is 3.78. The number of amides is 1. The number of imidazole rings is 1. The molecule has 0 N–H and O–H groups in total. The van der Waals surface area contributed by atoms with Crippen LogP contribution in [-0.2, 0) is 4.79 Å². The summed E-state index contributed by atoms with van der Waals surface area (Å²) in [6, 6.07) is 20.5. The highest BCUT2D eigenvalue weighted by molar-refractivity contribution is 8.00. The lowest BCUT2D eigenvalue weighted by molar-refractivity contribution is -0.129. The van der Waals surface area contributed by atoms with Gasteiger partial charge in [0, 0.05) is 24.3 Å². The smallest absolute Gasteiger partial charge is 0.235 e. The van der Waals surface area contributed by atoms with E-state index in [0.29, 0.717) is 0 Å². The van der Waals surface area contributed by atoms with Crippen LogP contribution in [-0.4, -0.2) is 38.7 Å². The SMILES string of the molecule is C[C@H](Sc1ncc(-c2ccccc2)n1-c1ccccc1)C(=O)N1CCCC1. The summed E-state index contributed by atoms with van der Waals surface area (Å²) >= 11 is 1.54. The lowest BCUT2D eigenvalue weighted by Gasteiger charge is -2.20. The highest BCUT2D eigenvalue weighted by Gasteiger charge is 2.26. The third-order valence-corrected chi connectivity index (χ3v) is 5.92. The number of carbonyl (C=O) groups is 1. The van der Waals surface area contributed by atoms with E-state index in [1.807, 2.05) is 54.4 Å². The Morgan fingerprint density at radius 1 is 1.00 bits per heavy atom. The second kappa shape index (κ2) is 8.01. The van der Waals surface area contributed by atoms with Crippen molar-refractivity contribution in [1.29, 1.82) is 0 Å². The van der Waals surface area contributed by atoms with Gasteiger partial charge in [-0.25, -0.2) is 4.98 Å². The van der Waals surface area contributed by atoms with Gasteiger partial charge in [0.05, 0.1) is 17.1 Å². The topological polar surface area (TPSA) is 38.1 Å². The van der Waals surface area contributed by atoms with Gasteiger partial charge in [-0.3, -0.25) is 9.36 Å². The highest BCUT2D eigenvalue weighted by atomic mass is 32.2. The van der Waals surface area contributed by atoms with Crippen molar-refractivity contribution in [3.05, 3.63) is 66.9 Å². The van der Waals surface area contributed by atoms with Gasteiger partial charge in [0.15, 0.2) is 5.16 Å². The molecule has 1 aromatic heterocycles. The first-order valence-electron chi connectivity index (χ1n) is 9.38. The Balaban J connectivity index is 1.68. The van der Waals surface area contributed by atoms with Gasteiger partial charge in [-0.2, -0.15) is 0 Å². The predicted octanol–water partition coefficient (Wildman–Crippen LogP) is 4.64. The van der Waals surface area contributed by atoms with Crippen molar-refractivity contribution in [1.82, 2.24) is 14.5 Å². The Bertz CT molecular complexity index is 902. The molecule has 138 valence electrons. The standard InChI is InChI=1S/C22H23N3OS/c1-17(21(26)24-14-8-9-15-24)27-22-23-16-20(18-10-4-2-5-11-18)25(22)19-12-6-3-7-13-19/h2-7,10-13,16-17H,8-9,14-15H2,1H3/t17-/m0/s1. The molecule has 1 aliphatic rings.